The van der Waals surface area contributed by atoms with Crippen LogP contribution in [0, 0.1) is 0 Å². The second-order valence-corrected chi connectivity index (χ2v) is 13.3. The third-order valence-electron chi connectivity index (χ3n) is 9.98. The largest absolute Gasteiger partial charge is 0.208 e. The van der Waals surface area contributed by atoms with Gasteiger partial charge in [0, 0.05) is 22.1 Å². The van der Waals surface area contributed by atoms with Gasteiger partial charge in [0.15, 0.2) is 17.5 Å². The summed E-state index contributed by atoms with van der Waals surface area (Å²) in [5.74, 6) is 1.96. The van der Waals surface area contributed by atoms with Crippen LogP contribution in [0.1, 0.15) is 25.0 Å². The van der Waals surface area contributed by atoms with E-state index in [1.165, 1.54) is 44.3 Å². The lowest BCUT2D eigenvalue weighted by Crippen LogP contribution is -2.14. The molecule has 0 atom stereocenters. The molecular formula is C46H33N3. The van der Waals surface area contributed by atoms with Gasteiger partial charge in [-0.2, -0.15) is 0 Å². The van der Waals surface area contributed by atoms with Gasteiger partial charge in [0.05, 0.1) is 0 Å². The normalized spacial score (nSPS) is 12.9. The first-order valence-corrected chi connectivity index (χ1v) is 16.8. The molecule has 0 unspecified atom stereocenters. The van der Waals surface area contributed by atoms with E-state index in [1.54, 1.807) is 0 Å². The van der Waals surface area contributed by atoms with Crippen LogP contribution in [0.25, 0.3) is 78.3 Å². The van der Waals surface area contributed by atoms with Gasteiger partial charge in [0.25, 0.3) is 0 Å². The van der Waals surface area contributed by atoms with Gasteiger partial charge in [-0.15, -0.1) is 0 Å². The summed E-state index contributed by atoms with van der Waals surface area (Å²) in [6.07, 6.45) is 0. The van der Waals surface area contributed by atoms with Crippen LogP contribution >= 0.6 is 0 Å². The third-order valence-corrected chi connectivity index (χ3v) is 9.98. The molecule has 0 N–H and O–H groups in total. The van der Waals surface area contributed by atoms with Crippen molar-refractivity contribution in [3.8, 4) is 67.5 Å². The van der Waals surface area contributed by atoms with Crippen molar-refractivity contribution in [2.75, 3.05) is 0 Å². The summed E-state index contributed by atoms with van der Waals surface area (Å²) in [6, 6.07) is 57.8. The van der Waals surface area contributed by atoms with E-state index in [2.05, 4.69) is 153 Å². The van der Waals surface area contributed by atoms with Gasteiger partial charge in [-0.05, 0) is 67.4 Å². The SMILES string of the molecule is CC1(C)c2ccccc2-c2ccc(-c3ccc(-c4nc(-c5ccccc5)nc(-c5ccc(-c6ccccc6)cc5)n4)c4ccccc34)cc21. The monoisotopic (exact) mass is 627 g/mol. The minimum absolute atomic E-state index is 0.0634. The molecule has 7 aromatic carbocycles. The molecule has 1 aliphatic carbocycles. The van der Waals surface area contributed by atoms with Gasteiger partial charge in [-0.3, -0.25) is 0 Å². The first-order valence-electron chi connectivity index (χ1n) is 16.8. The zero-order valence-electron chi connectivity index (χ0n) is 27.4. The highest BCUT2D eigenvalue weighted by molar-refractivity contribution is 6.04. The minimum Gasteiger partial charge on any atom is -0.208 e. The quantitative estimate of drug-likeness (QED) is 0.191. The summed E-state index contributed by atoms with van der Waals surface area (Å²) in [5, 5.41) is 2.28. The molecule has 1 aliphatic rings. The number of hydrogen-bond donors (Lipinski definition) is 0. The highest BCUT2D eigenvalue weighted by Crippen LogP contribution is 2.50. The van der Waals surface area contributed by atoms with Crippen molar-refractivity contribution in [1.82, 2.24) is 15.0 Å². The molecule has 1 aromatic heterocycles. The Morgan fingerprint density at radius 3 is 1.49 bits per heavy atom. The van der Waals surface area contributed by atoms with E-state index < -0.39 is 0 Å². The number of aromatic nitrogens is 3. The molecule has 8 aromatic rings. The van der Waals surface area contributed by atoms with Gasteiger partial charge >= 0.3 is 0 Å². The fraction of sp³-hybridized carbons (Fsp3) is 0.0652. The number of rotatable bonds is 5. The lowest BCUT2D eigenvalue weighted by atomic mass is 9.81. The summed E-state index contributed by atoms with van der Waals surface area (Å²) >= 11 is 0. The van der Waals surface area contributed by atoms with Crippen molar-refractivity contribution in [1.29, 1.82) is 0 Å². The number of hydrogen-bond acceptors (Lipinski definition) is 3. The molecule has 49 heavy (non-hydrogen) atoms. The Kier molecular flexibility index (Phi) is 6.80. The molecule has 0 saturated heterocycles. The van der Waals surface area contributed by atoms with Gasteiger partial charge in [-0.1, -0.05) is 166 Å². The van der Waals surface area contributed by atoms with Crippen LogP contribution in [-0.2, 0) is 5.41 Å². The molecule has 0 aliphatic heterocycles. The van der Waals surface area contributed by atoms with Crippen molar-refractivity contribution in [3.05, 3.63) is 175 Å². The zero-order chi connectivity index (χ0) is 33.0. The Morgan fingerprint density at radius 2 is 0.776 bits per heavy atom. The topological polar surface area (TPSA) is 38.7 Å². The van der Waals surface area contributed by atoms with Crippen LogP contribution in [0.4, 0.5) is 0 Å². The number of fused-ring (bicyclic) bond motifs is 4. The molecule has 0 spiro atoms. The Balaban J connectivity index is 1.18. The van der Waals surface area contributed by atoms with Crippen LogP contribution in [0.5, 0.6) is 0 Å². The molecule has 9 rings (SSSR count). The maximum atomic E-state index is 5.12. The molecular weight excluding hydrogens is 595 g/mol. The first kappa shape index (κ1) is 29.0. The third kappa shape index (κ3) is 4.94. The van der Waals surface area contributed by atoms with E-state index >= 15 is 0 Å². The second kappa shape index (κ2) is 11.5. The van der Waals surface area contributed by atoms with Crippen LogP contribution in [0.3, 0.4) is 0 Å². The molecule has 0 saturated carbocycles. The molecule has 232 valence electrons. The standard InChI is InChI=1S/C46H33N3/c1-46(2)41-20-12-11-19-38(41)39-26-25-34(29-42(39)46)35-27-28-40(37-18-10-9-17-36(35)37)45-48-43(32-15-7-4-8-16-32)47-44(49-45)33-23-21-31(22-24-33)30-13-5-3-6-14-30/h3-29H,1-2H3. The average Bonchev–Trinajstić information content (AvgIpc) is 3.40. The molecule has 1 heterocycles. The van der Waals surface area contributed by atoms with Crippen molar-refractivity contribution >= 4 is 10.8 Å². The van der Waals surface area contributed by atoms with Gasteiger partial charge in [-0.25, -0.2) is 15.0 Å². The summed E-state index contributed by atoms with van der Waals surface area (Å²) in [5.41, 5.74) is 13.0. The predicted molar refractivity (Wildman–Crippen MR) is 202 cm³/mol. The number of benzene rings is 7. The maximum Gasteiger partial charge on any atom is 0.164 e. The van der Waals surface area contributed by atoms with Crippen molar-refractivity contribution in [3.63, 3.8) is 0 Å². The molecule has 0 radical (unpaired) electrons. The molecule has 0 bridgehead atoms. The van der Waals surface area contributed by atoms with E-state index in [0.29, 0.717) is 17.5 Å². The number of nitrogens with zero attached hydrogens (tertiary/aromatic N) is 3. The summed E-state index contributed by atoms with van der Waals surface area (Å²) < 4.78 is 0. The Hall–Kier alpha value is -6.19. The van der Waals surface area contributed by atoms with Crippen LogP contribution in [-0.4, -0.2) is 15.0 Å². The summed E-state index contributed by atoms with van der Waals surface area (Å²) in [7, 11) is 0. The fourth-order valence-electron chi connectivity index (χ4n) is 7.40. The predicted octanol–water partition coefficient (Wildman–Crippen LogP) is 11.7. The van der Waals surface area contributed by atoms with E-state index in [9.17, 15) is 0 Å². The van der Waals surface area contributed by atoms with E-state index in [-0.39, 0.29) is 5.41 Å². The van der Waals surface area contributed by atoms with Crippen molar-refractivity contribution in [2.45, 2.75) is 19.3 Å². The van der Waals surface area contributed by atoms with Gasteiger partial charge in [0.2, 0.25) is 0 Å². The Morgan fingerprint density at radius 1 is 0.327 bits per heavy atom. The lowest BCUT2D eigenvalue weighted by molar-refractivity contribution is 0.660. The van der Waals surface area contributed by atoms with Crippen molar-refractivity contribution in [2.24, 2.45) is 0 Å². The Bertz CT molecular complexity index is 2500. The average molecular weight is 628 g/mol. The summed E-state index contributed by atoms with van der Waals surface area (Å²) in [6.45, 7) is 4.67. The second-order valence-electron chi connectivity index (χ2n) is 13.3. The highest BCUT2D eigenvalue weighted by Gasteiger charge is 2.35. The highest BCUT2D eigenvalue weighted by atomic mass is 15.0. The lowest BCUT2D eigenvalue weighted by Gasteiger charge is -2.22. The Labute approximate surface area is 286 Å². The van der Waals surface area contributed by atoms with Crippen LogP contribution in [0.2, 0.25) is 0 Å². The molecule has 3 heteroatoms. The van der Waals surface area contributed by atoms with Crippen molar-refractivity contribution < 1.29 is 0 Å². The maximum absolute atomic E-state index is 5.12. The van der Waals surface area contributed by atoms with E-state index in [1.807, 2.05) is 24.3 Å². The van der Waals surface area contributed by atoms with Crippen LogP contribution in [0.15, 0.2) is 164 Å². The molecule has 0 amide bonds. The van der Waals surface area contributed by atoms with Gasteiger partial charge < -0.3 is 0 Å². The molecule has 3 nitrogen and oxygen atoms in total. The zero-order valence-corrected chi connectivity index (χ0v) is 27.4. The van der Waals surface area contributed by atoms with E-state index in [4.69, 9.17) is 15.0 Å². The van der Waals surface area contributed by atoms with Gasteiger partial charge in [0.1, 0.15) is 0 Å². The fourth-order valence-corrected chi connectivity index (χ4v) is 7.40. The smallest absolute Gasteiger partial charge is 0.164 e. The molecule has 0 fully saturated rings. The summed E-state index contributed by atoms with van der Waals surface area (Å²) in [4.78, 5) is 15.2. The first-order chi connectivity index (χ1) is 24.0. The van der Waals surface area contributed by atoms with Crippen LogP contribution < -0.4 is 0 Å². The minimum atomic E-state index is -0.0634. The van der Waals surface area contributed by atoms with E-state index in [0.717, 1.165) is 27.6 Å².